The number of esters is 1. The Labute approximate surface area is 134 Å². The van der Waals surface area contributed by atoms with Gasteiger partial charge in [-0.25, -0.2) is 0 Å². The van der Waals surface area contributed by atoms with Crippen LogP contribution in [0.15, 0.2) is 48.5 Å². The van der Waals surface area contributed by atoms with Crippen LogP contribution in [0.5, 0.6) is 11.5 Å². The van der Waals surface area contributed by atoms with E-state index in [2.05, 4.69) is 4.74 Å². The minimum Gasteiger partial charge on any atom is -0.496 e. The van der Waals surface area contributed by atoms with E-state index in [1.165, 1.54) is 14.2 Å². The smallest absolute Gasteiger partial charge is 0.313 e. The topological polar surface area (TPSA) is 61.8 Å². The molecule has 0 radical (unpaired) electrons. The summed E-state index contributed by atoms with van der Waals surface area (Å²) in [5.74, 6) is 0.00884. The molecule has 2 rings (SSSR count). The lowest BCUT2D eigenvalue weighted by Gasteiger charge is -2.11. The van der Waals surface area contributed by atoms with Gasteiger partial charge in [0.05, 0.1) is 19.8 Å². The normalized spacial score (nSPS) is 10.0. The minimum absolute atomic E-state index is 0.322. The van der Waals surface area contributed by atoms with Crippen LogP contribution in [-0.2, 0) is 16.1 Å². The first-order chi connectivity index (χ1) is 11.1. The van der Waals surface area contributed by atoms with Gasteiger partial charge in [-0.05, 0) is 17.7 Å². The van der Waals surface area contributed by atoms with Crippen LogP contribution in [-0.4, -0.2) is 26.0 Å². The minimum atomic E-state index is -0.582. The number of Topliss-reactive ketones (excluding diaryl/α,β-unsaturated/α-hetero) is 1. The molecule has 0 atom stereocenters. The molecule has 0 spiro atoms. The third-order valence-corrected chi connectivity index (χ3v) is 3.25. The zero-order valence-electron chi connectivity index (χ0n) is 13.1. The Bertz CT molecular complexity index is 679. The maximum Gasteiger partial charge on any atom is 0.313 e. The molecule has 0 unspecified atom stereocenters. The maximum atomic E-state index is 12.1. The second-order valence-electron chi connectivity index (χ2n) is 4.81. The molecule has 0 bridgehead atoms. The Morgan fingerprint density at radius 2 is 1.74 bits per heavy atom. The highest BCUT2D eigenvalue weighted by atomic mass is 16.5. The van der Waals surface area contributed by atoms with Gasteiger partial charge in [0, 0.05) is 6.07 Å². The van der Waals surface area contributed by atoms with E-state index in [1.54, 1.807) is 18.2 Å². The van der Waals surface area contributed by atoms with E-state index in [9.17, 15) is 9.59 Å². The second-order valence-corrected chi connectivity index (χ2v) is 4.81. The zero-order valence-corrected chi connectivity index (χ0v) is 13.1. The summed E-state index contributed by atoms with van der Waals surface area (Å²) in [4.78, 5) is 23.3. The Hall–Kier alpha value is -2.82. The van der Waals surface area contributed by atoms with Crippen molar-refractivity contribution in [3.8, 4) is 11.5 Å². The quantitative estimate of drug-likeness (QED) is 0.446. The molecule has 120 valence electrons. The van der Waals surface area contributed by atoms with Crippen LogP contribution < -0.4 is 9.47 Å². The number of hydrogen-bond acceptors (Lipinski definition) is 5. The van der Waals surface area contributed by atoms with Gasteiger partial charge in [0.1, 0.15) is 24.5 Å². The Morgan fingerprint density at radius 3 is 2.39 bits per heavy atom. The first-order valence-corrected chi connectivity index (χ1v) is 7.09. The van der Waals surface area contributed by atoms with Crippen molar-refractivity contribution in [2.24, 2.45) is 0 Å². The fraction of sp³-hybridized carbons (Fsp3) is 0.222. The molecule has 2 aromatic rings. The van der Waals surface area contributed by atoms with Crippen molar-refractivity contribution in [3.63, 3.8) is 0 Å². The third-order valence-electron chi connectivity index (χ3n) is 3.25. The zero-order chi connectivity index (χ0) is 16.7. The molecule has 0 aliphatic carbocycles. The van der Waals surface area contributed by atoms with Crippen LogP contribution in [0.1, 0.15) is 22.3 Å². The van der Waals surface area contributed by atoms with Gasteiger partial charge < -0.3 is 14.2 Å². The lowest BCUT2D eigenvalue weighted by atomic mass is 10.1. The number of ether oxygens (including phenoxy) is 3. The highest BCUT2D eigenvalue weighted by molar-refractivity contribution is 6.07. The molecule has 0 fully saturated rings. The average molecular weight is 314 g/mol. The molecule has 0 aliphatic rings. The van der Waals surface area contributed by atoms with E-state index in [4.69, 9.17) is 9.47 Å². The van der Waals surface area contributed by atoms with Crippen molar-refractivity contribution in [2.45, 2.75) is 13.0 Å². The molecule has 0 amide bonds. The number of benzene rings is 2. The number of rotatable bonds is 7. The van der Waals surface area contributed by atoms with Crippen molar-refractivity contribution < 1.29 is 23.8 Å². The SMILES string of the molecule is COC(=O)CC(=O)c1ccc(OCc2ccccc2)cc1OC. The molecule has 5 nitrogen and oxygen atoms in total. The number of carbonyl (C=O) groups is 2. The molecule has 0 aliphatic heterocycles. The highest BCUT2D eigenvalue weighted by Gasteiger charge is 2.17. The number of carbonyl (C=O) groups excluding carboxylic acids is 2. The lowest BCUT2D eigenvalue weighted by Crippen LogP contribution is -2.10. The van der Waals surface area contributed by atoms with Crippen molar-refractivity contribution in [1.82, 2.24) is 0 Å². The van der Waals surface area contributed by atoms with Crippen LogP contribution in [0.3, 0.4) is 0 Å². The van der Waals surface area contributed by atoms with E-state index in [-0.39, 0.29) is 12.2 Å². The van der Waals surface area contributed by atoms with Crippen LogP contribution in [0.4, 0.5) is 0 Å². The fourth-order valence-electron chi connectivity index (χ4n) is 2.03. The van der Waals surface area contributed by atoms with Gasteiger partial charge in [0.2, 0.25) is 0 Å². The van der Waals surface area contributed by atoms with Gasteiger partial charge in [-0.1, -0.05) is 30.3 Å². The maximum absolute atomic E-state index is 12.1. The van der Waals surface area contributed by atoms with Gasteiger partial charge in [-0.15, -0.1) is 0 Å². The molecule has 0 saturated heterocycles. The van der Waals surface area contributed by atoms with Gasteiger partial charge >= 0.3 is 5.97 Å². The molecule has 5 heteroatoms. The predicted molar refractivity (Wildman–Crippen MR) is 84.7 cm³/mol. The summed E-state index contributed by atoms with van der Waals surface area (Å²) in [6.45, 7) is 0.416. The van der Waals surface area contributed by atoms with Gasteiger partial charge in [0.15, 0.2) is 5.78 Å². The Kier molecular flexibility index (Phi) is 5.74. The van der Waals surface area contributed by atoms with Crippen molar-refractivity contribution in [1.29, 1.82) is 0 Å². The van der Waals surface area contributed by atoms with Crippen molar-refractivity contribution >= 4 is 11.8 Å². The van der Waals surface area contributed by atoms with Gasteiger partial charge in [0.25, 0.3) is 0 Å². The van der Waals surface area contributed by atoms with E-state index >= 15 is 0 Å². The number of ketones is 1. The molecule has 0 aromatic heterocycles. The Balaban J connectivity index is 2.09. The summed E-state index contributed by atoms with van der Waals surface area (Å²) >= 11 is 0. The first kappa shape index (κ1) is 16.5. The van der Waals surface area contributed by atoms with Crippen LogP contribution in [0.25, 0.3) is 0 Å². The van der Waals surface area contributed by atoms with E-state index in [0.29, 0.717) is 23.7 Å². The first-order valence-electron chi connectivity index (χ1n) is 7.09. The molecular weight excluding hydrogens is 296 g/mol. The van der Waals surface area contributed by atoms with Crippen molar-refractivity contribution in [2.75, 3.05) is 14.2 Å². The largest absolute Gasteiger partial charge is 0.496 e. The van der Waals surface area contributed by atoms with E-state index < -0.39 is 5.97 Å². The summed E-state index contributed by atoms with van der Waals surface area (Å²) < 4.78 is 15.4. The van der Waals surface area contributed by atoms with Crippen molar-refractivity contribution in [3.05, 3.63) is 59.7 Å². The molecule has 23 heavy (non-hydrogen) atoms. The number of methoxy groups -OCH3 is 2. The summed E-state index contributed by atoms with van der Waals surface area (Å²) in [6, 6.07) is 14.6. The van der Waals surface area contributed by atoms with Crippen LogP contribution >= 0.6 is 0 Å². The van der Waals surface area contributed by atoms with Gasteiger partial charge in [-0.2, -0.15) is 0 Å². The van der Waals surface area contributed by atoms with Crippen LogP contribution in [0.2, 0.25) is 0 Å². The van der Waals surface area contributed by atoms with E-state index in [0.717, 1.165) is 5.56 Å². The standard InChI is InChI=1S/C18H18O5/c1-21-17-10-14(23-12-13-6-4-3-5-7-13)8-9-15(17)16(19)11-18(20)22-2/h3-10H,11-12H2,1-2H3. The summed E-state index contributed by atoms with van der Waals surface area (Å²) in [5.41, 5.74) is 1.36. The molecule has 0 N–H and O–H groups in total. The molecule has 0 saturated carbocycles. The predicted octanol–water partition coefficient (Wildman–Crippen LogP) is 3.02. The number of hydrogen-bond donors (Lipinski definition) is 0. The summed E-state index contributed by atoms with van der Waals surface area (Å²) in [6.07, 6.45) is -0.322. The second kappa shape index (κ2) is 7.98. The van der Waals surface area contributed by atoms with Gasteiger partial charge in [-0.3, -0.25) is 9.59 Å². The molecule has 0 heterocycles. The summed E-state index contributed by atoms with van der Waals surface area (Å²) in [7, 11) is 2.71. The van der Waals surface area contributed by atoms with E-state index in [1.807, 2.05) is 30.3 Å². The van der Waals surface area contributed by atoms with Crippen LogP contribution in [0, 0.1) is 0 Å². The Morgan fingerprint density at radius 1 is 1.00 bits per heavy atom. The average Bonchev–Trinajstić information content (AvgIpc) is 2.60. The molecular formula is C18H18O5. The highest BCUT2D eigenvalue weighted by Crippen LogP contribution is 2.26. The fourth-order valence-corrected chi connectivity index (χ4v) is 2.03. The third kappa shape index (κ3) is 4.57. The molecule has 2 aromatic carbocycles. The lowest BCUT2D eigenvalue weighted by molar-refractivity contribution is -0.139. The monoisotopic (exact) mass is 314 g/mol. The summed E-state index contributed by atoms with van der Waals surface area (Å²) in [5, 5.41) is 0.